The Bertz CT molecular complexity index is 1250. The highest BCUT2D eigenvalue weighted by Gasteiger charge is 2.44. The predicted molar refractivity (Wildman–Crippen MR) is 158 cm³/mol. The molecule has 0 aliphatic carbocycles. The molecule has 39 heavy (non-hydrogen) atoms. The molecular formula is C32H36Cl2N2O3. The van der Waals surface area contributed by atoms with E-state index in [1.54, 1.807) is 24.5 Å². The second-order valence-corrected chi connectivity index (χ2v) is 11.4. The van der Waals surface area contributed by atoms with Crippen LogP contribution >= 0.6 is 23.2 Å². The zero-order valence-electron chi connectivity index (χ0n) is 22.7. The molecule has 1 aliphatic heterocycles. The van der Waals surface area contributed by atoms with Crippen LogP contribution in [0.4, 0.5) is 0 Å². The van der Waals surface area contributed by atoms with Gasteiger partial charge >= 0.3 is 0 Å². The predicted octanol–water partition coefficient (Wildman–Crippen LogP) is 7.14. The van der Waals surface area contributed by atoms with Gasteiger partial charge in [-0.25, -0.2) is 0 Å². The van der Waals surface area contributed by atoms with Gasteiger partial charge in [-0.1, -0.05) is 89.9 Å². The number of nitrogens with zero attached hydrogens (tertiary/aromatic N) is 1. The zero-order chi connectivity index (χ0) is 28.0. The van der Waals surface area contributed by atoms with Gasteiger partial charge in [0.05, 0.1) is 29.4 Å². The molecule has 0 unspecified atom stereocenters. The first-order valence-electron chi connectivity index (χ1n) is 13.2. The molecule has 2 N–H and O–H groups in total. The minimum atomic E-state index is -0.909. The molecule has 4 rings (SSSR count). The summed E-state index contributed by atoms with van der Waals surface area (Å²) in [5, 5.41) is 1.01. The minimum Gasteiger partial charge on any atom is -0.464 e. The molecule has 0 aromatic heterocycles. The summed E-state index contributed by atoms with van der Waals surface area (Å²) in [5.41, 5.74) is 7.63. The molecular weight excluding hydrogens is 531 g/mol. The van der Waals surface area contributed by atoms with Crippen LogP contribution in [-0.2, 0) is 21.6 Å². The van der Waals surface area contributed by atoms with E-state index in [2.05, 4.69) is 18.7 Å². The lowest BCUT2D eigenvalue weighted by Crippen LogP contribution is -2.61. The van der Waals surface area contributed by atoms with Gasteiger partial charge in [0.2, 0.25) is 5.91 Å². The highest BCUT2D eigenvalue weighted by Crippen LogP contribution is 2.40. The summed E-state index contributed by atoms with van der Waals surface area (Å²) in [4.78, 5) is 15.5. The number of hydrogen-bond donors (Lipinski definition) is 1. The van der Waals surface area contributed by atoms with Crippen molar-refractivity contribution in [2.24, 2.45) is 5.73 Å². The number of rotatable bonds is 12. The Hall–Kier alpha value is -2.83. The summed E-state index contributed by atoms with van der Waals surface area (Å²) in [6, 6.07) is 23.2. The van der Waals surface area contributed by atoms with Crippen LogP contribution in [0.3, 0.4) is 0 Å². The van der Waals surface area contributed by atoms with Gasteiger partial charge in [0, 0.05) is 29.2 Å². The molecule has 1 amide bonds. The Kier molecular flexibility index (Phi) is 9.39. The number of primary amides is 1. The summed E-state index contributed by atoms with van der Waals surface area (Å²) in [7, 11) is 0. The van der Waals surface area contributed by atoms with E-state index in [0.29, 0.717) is 28.8 Å². The lowest BCUT2D eigenvalue weighted by atomic mass is 9.69. The van der Waals surface area contributed by atoms with Crippen molar-refractivity contribution in [3.8, 4) is 5.75 Å². The molecule has 0 saturated carbocycles. The van der Waals surface area contributed by atoms with E-state index in [-0.39, 0.29) is 17.6 Å². The van der Waals surface area contributed by atoms with Crippen molar-refractivity contribution >= 4 is 29.1 Å². The number of benzene rings is 3. The maximum atomic E-state index is 13.2. The zero-order valence-corrected chi connectivity index (χ0v) is 24.2. The third kappa shape index (κ3) is 6.33. The fourth-order valence-electron chi connectivity index (χ4n) is 5.14. The molecule has 0 bridgehead atoms. The summed E-state index contributed by atoms with van der Waals surface area (Å²) < 4.78 is 11.7. The van der Waals surface area contributed by atoms with Gasteiger partial charge in [-0.15, -0.1) is 0 Å². The minimum absolute atomic E-state index is 0.0562. The number of likely N-dealkylation sites (tertiary alicyclic amines) is 1. The molecule has 7 heteroatoms. The van der Waals surface area contributed by atoms with E-state index in [9.17, 15) is 4.79 Å². The van der Waals surface area contributed by atoms with Gasteiger partial charge in [0.15, 0.2) is 0 Å². The summed E-state index contributed by atoms with van der Waals surface area (Å²) in [5.74, 6) is 0.207. The molecule has 0 radical (unpaired) electrons. The molecule has 0 spiro atoms. The first kappa shape index (κ1) is 29.2. The topological polar surface area (TPSA) is 64.8 Å². The van der Waals surface area contributed by atoms with Crippen molar-refractivity contribution in [1.29, 1.82) is 0 Å². The number of carbonyl (C=O) groups excluding carboxylic acids is 1. The molecule has 1 saturated heterocycles. The molecule has 206 valence electrons. The SMILES string of the molecule is CC=COc1ccc(Cl)c(COC2CN(C(C)(C)CCC(C(N)=O)(c3ccccc3)c3ccccc3)C2)c1Cl. The number of allylic oxidation sites excluding steroid dienone is 1. The molecule has 3 aromatic rings. The smallest absolute Gasteiger partial charge is 0.232 e. The normalized spacial score (nSPS) is 14.9. The van der Waals surface area contributed by atoms with Crippen molar-refractivity contribution < 1.29 is 14.3 Å². The number of amides is 1. The fourth-order valence-corrected chi connectivity index (χ4v) is 5.66. The Labute approximate surface area is 241 Å². The summed E-state index contributed by atoms with van der Waals surface area (Å²) >= 11 is 12.9. The van der Waals surface area contributed by atoms with Gasteiger partial charge in [0.25, 0.3) is 0 Å². The number of nitrogens with two attached hydrogens (primary N) is 1. The highest BCUT2D eigenvalue weighted by molar-refractivity contribution is 6.36. The Morgan fingerprint density at radius 1 is 0.974 bits per heavy atom. The van der Waals surface area contributed by atoms with Crippen molar-refractivity contribution in [2.45, 2.75) is 57.3 Å². The number of halogens is 2. The van der Waals surface area contributed by atoms with E-state index in [1.807, 2.05) is 67.6 Å². The van der Waals surface area contributed by atoms with Crippen molar-refractivity contribution in [2.75, 3.05) is 13.1 Å². The third-order valence-electron chi connectivity index (χ3n) is 7.71. The van der Waals surface area contributed by atoms with E-state index in [4.69, 9.17) is 38.4 Å². The molecule has 1 fully saturated rings. The standard InChI is InChI=1S/C32H36Cl2N2O3/c1-4-19-38-28-16-15-27(33)26(29(28)34)22-39-25-20-36(21-25)31(2,3)17-18-32(30(35)37,23-11-7-5-8-12-23)24-13-9-6-10-14-24/h4-16,19,25H,17-18,20-22H2,1-3H3,(H2,35,37). The second kappa shape index (κ2) is 12.6. The Morgan fingerprint density at radius 3 is 2.10 bits per heavy atom. The van der Waals surface area contributed by atoms with Crippen molar-refractivity contribution in [3.63, 3.8) is 0 Å². The van der Waals surface area contributed by atoms with Crippen molar-refractivity contribution in [1.82, 2.24) is 4.90 Å². The molecule has 1 heterocycles. The lowest BCUT2D eigenvalue weighted by molar-refractivity contribution is -0.123. The van der Waals surface area contributed by atoms with Crippen LogP contribution in [0.15, 0.2) is 85.1 Å². The molecule has 0 atom stereocenters. The van der Waals surface area contributed by atoms with E-state index >= 15 is 0 Å². The van der Waals surface area contributed by atoms with Crippen molar-refractivity contribution in [3.05, 3.63) is 112 Å². The third-order valence-corrected chi connectivity index (χ3v) is 8.48. The van der Waals surface area contributed by atoms with Crippen LogP contribution < -0.4 is 10.5 Å². The maximum Gasteiger partial charge on any atom is 0.232 e. The molecule has 5 nitrogen and oxygen atoms in total. The van der Waals surface area contributed by atoms with Gasteiger partial charge in [-0.2, -0.15) is 0 Å². The summed E-state index contributed by atoms with van der Waals surface area (Å²) in [6.07, 6.45) is 4.79. The maximum absolute atomic E-state index is 13.2. The average molecular weight is 568 g/mol. The van der Waals surface area contributed by atoms with Crippen LogP contribution in [0.2, 0.25) is 10.0 Å². The van der Waals surface area contributed by atoms with Crippen LogP contribution in [-0.4, -0.2) is 35.5 Å². The fraction of sp³-hybridized carbons (Fsp3) is 0.344. The highest BCUT2D eigenvalue weighted by atomic mass is 35.5. The van der Waals surface area contributed by atoms with Gasteiger partial charge in [0.1, 0.15) is 5.75 Å². The number of ether oxygens (including phenoxy) is 2. The van der Waals surface area contributed by atoms with Crippen LogP contribution in [0.25, 0.3) is 0 Å². The second-order valence-electron chi connectivity index (χ2n) is 10.6. The molecule has 1 aliphatic rings. The average Bonchev–Trinajstić information content (AvgIpc) is 2.90. The van der Waals surface area contributed by atoms with E-state index < -0.39 is 5.41 Å². The monoisotopic (exact) mass is 566 g/mol. The number of hydrogen-bond acceptors (Lipinski definition) is 4. The van der Waals surface area contributed by atoms with Crippen LogP contribution in [0.1, 0.15) is 50.3 Å². The van der Waals surface area contributed by atoms with E-state index in [1.165, 1.54) is 0 Å². The number of carbonyl (C=O) groups is 1. The first-order chi connectivity index (χ1) is 18.7. The van der Waals surface area contributed by atoms with Crippen LogP contribution in [0, 0.1) is 0 Å². The first-order valence-corrected chi connectivity index (χ1v) is 14.0. The van der Waals surface area contributed by atoms with Gasteiger partial charge in [-0.05, 0) is 56.9 Å². The Morgan fingerprint density at radius 2 is 1.56 bits per heavy atom. The Balaban J connectivity index is 1.42. The van der Waals surface area contributed by atoms with Gasteiger partial charge < -0.3 is 15.2 Å². The van der Waals surface area contributed by atoms with Crippen LogP contribution in [0.5, 0.6) is 5.75 Å². The van der Waals surface area contributed by atoms with Gasteiger partial charge in [-0.3, -0.25) is 9.69 Å². The molecule has 3 aromatic carbocycles. The summed E-state index contributed by atoms with van der Waals surface area (Å²) in [6.45, 7) is 8.14. The largest absolute Gasteiger partial charge is 0.464 e. The van der Waals surface area contributed by atoms with E-state index in [0.717, 1.165) is 36.2 Å². The quantitative estimate of drug-likeness (QED) is 0.237. The lowest BCUT2D eigenvalue weighted by Gasteiger charge is -2.50.